The Hall–Kier alpha value is -1.66. The molecule has 0 aromatic heterocycles. The lowest BCUT2D eigenvalue weighted by Gasteiger charge is -2.40. The van der Waals surface area contributed by atoms with Crippen LogP contribution in [0.15, 0.2) is 35.7 Å². The third kappa shape index (κ3) is 4.68. The molecule has 0 unspecified atom stereocenters. The van der Waals surface area contributed by atoms with Crippen molar-refractivity contribution >= 4 is 22.1 Å². The van der Waals surface area contributed by atoms with E-state index in [0.29, 0.717) is 0 Å². The Kier molecular flexibility index (Phi) is 4.80. The second-order valence-corrected chi connectivity index (χ2v) is 7.15. The van der Waals surface area contributed by atoms with Gasteiger partial charge in [0, 0.05) is 12.0 Å². The standard InChI is InChI=1S/C15H19NO4S/c17-14(18)11-15(8-4-9-15)12-16-21(19,20)10-7-13-5-2-1-3-6-13/h1-3,5-7,10,16H,4,8-9,11-12H2,(H,17,18)/b10-7+. The van der Waals surface area contributed by atoms with Crippen LogP contribution in [0.5, 0.6) is 0 Å². The first-order valence-electron chi connectivity index (χ1n) is 6.85. The van der Waals surface area contributed by atoms with Gasteiger partial charge in [-0.05, 0) is 29.9 Å². The van der Waals surface area contributed by atoms with Crippen molar-refractivity contribution in [2.24, 2.45) is 5.41 Å². The summed E-state index contributed by atoms with van der Waals surface area (Å²) in [7, 11) is -3.55. The van der Waals surface area contributed by atoms with Crippen molar-refractivity contribution in [3.8, 4) is 0 Å². The zero-order valence-corrected chi connectivity index (χ0v) is 12.5. The molecule has 0 amide bonds. The Balaban J connectivity index is 1.95. The molecule has 0 atom stereocenters. The van der Waals surface area contributed by atoms with Crippen LogP contribution in [0, 0.1) is 5.41 Å². The van der Waals surface area contributed by atoms with Gasteiger partial charge in [-0.3, -0.25) is 4.79 Å². The molecule has 0 saturated heterocycles. The van der Waals surface area contributed by atoms with Gasteiger partial charge < -0.3 is 5.11 Å². The number of nitrogens with one attached hydrogen (secondary N) is 1. The first-order chi connectivity index (χ1) is 9.91. The molecule has 1 aliphatic rings. The van der Waals surface area contributed by atoms with E-state index < -0.39 is 21.4 Å². The molecule has 21 heavy (non-hydrogen) atoms. The smallest absolute Gasteiger partial charge is 0.303 e. The average Bonchev–Trinajstić information content (AvgIpc) is 2.40. The van der Waals surface area contributed by atoms with Gasteiger partial charge in [0.15, 0.2) is 0 Å². The van der Waals surface area contributed by atoms with E-state index in [4.69, 9.17) is 5.11 Å². The highest BCUT2D eigenvalue weighted by Crippen LogP contribution is 2.43. The van der Waals surface area contributed by atoms with Crippen molar-refractivity contribution in [2.75, 3.05) is 6.54 Å². The zero-order valence-electron chi connectivity index (χ0n) is 11.7. The summed E-state index contributed by atoms with van der Waals surface area (Å²) in [4.78, 5) is 10.9. The van der Waals surface area contributed by atoms with Crippen molar-refractivity contribution in [1.82, 2.24) is 4.72 Å². The van der Waals surface area contributed by atoms with Gasteiger partial charge in [0.1, 0.15) is 0 Å². The molecule has 2 rings (SSSR count). The molecule has 1 saturated carbocycles. The first-order valence-corrected chi connectivity index (χ1v) is 8.40. The average molecular weight is 309 g/mol. The number of carbonyl (C=O) groups is 1. The molecule has 1 aromatic carbocycles. The summed E-state index contributed by atoms with van der Waals surface area (Å²) >= 11 is 0. The van der Waals surface area contributed by atoms with Crippen LogP contribution in [-0.4, -0.2) is 26.0 Å². The largest absolute Gasteiger partial charge is 0.481 e. The van der Waals surface area contributed by atoms with E-state index in [1.165, 1.54) is 6.08 Å². The van der Waals surface area contributed by atoms with E-state index >= 15 is 0 Å². The molecule has 1 aliphatic carbocycles. The van der Waals surface area contributed by atoms with Crippen LogP contribution >= 0.6 is 0 Å². The molecule has 0 spiro atoms. The van der Waals surface area contributed by atoms with E-state index in [1.54, 1.807) is 0 Å². The Labute approximate surface area is 124 Å². The summed E-state index contributed by atoms with van der Waals surface area (Å²) in [6.07, 6.45) is 3.99. The molecule has 5 nitrogen and oxygen atoms in total. The predicted octanol–water partition coefficient (Wildman–Crippen LogP) is 2.22. The van der Waals surface area contributed by atoms with Crippen LogP contribution < -0.4 is 4.72 Å². The molecule has 0 heterocycles. The van der Waals surface area contributed by atoms with E-state index in [9.17, 15) is 13.2 Å². The second kappa shape index (κ2) is 6.41. The minimum absolute atomic E-state index is 0.0118. The number of carboxylic acids is 1. The van der Waals surface area contributed by atoms with Gasteiger partial charge in [-0.15, -0.1) is 0 Å². The van der Waals surface area contributed by atoms with Gasteiger partial charge in [-0.25, -0.2) is 13.1 Å². The van der Waals surface area contributed by atoms with Crippen LogP contribution in [0.2, 0.25) is 0 Å². The number of hydrogen-bond acceptors (Lipinski definition) is 3. The topological polar surface area (TPSA) is 83.5 Å². The number of rotatable bonds is 7. The summed E-state index contributed by atoms with van der Waals surface area (Å²) in [6, 6.07) is 9.13. The Morgan fingerprint density at radius 1 is 1.29 bits per heavy atom. The maximum atomic E-state index is 11.9. The fraction of sp³-hybridized carbons (Fsp3) is 0.400. The van der Waals surface area contributed by atoms with Gasteiger partial charge in [0.25, 0.3) is 0 Å². The Morgan fingerprint density at radius 3 is 2.48 bits per heavy atom. The molecular formula is C15H19NO4S. The fourth-order valence-electron chi connectivity index (χ4n) is 2.45. The van der Waals surface area contributed by atoms with Crippen molar-refractivity contribution in [3.05, 3.63) is 41.3 Å². The van der Waals surface area contributed by atoms with E-state index in [1.807, 2.05) is 30.3 Å². The molecular weight excluding hydrogens is 290 g/mol. The van der Waals surface area contributed by atoms with Crippen molar-refractivity contribution in [1.29, 1.82) is 0 Å². The van der Waals surface area contributed by atoms with Crippen molar-refractivity contribution < 1.29 is 18.3 Å². The minimum Gasteiger partial charge on any atom is -0.481 e. The monoisotopic (exact) mass is 309 g/mol. The lowest BCUT2D eigenvalue weighted by molar-refractivity contribution is -0.141. The maximum absolute atomic E-state index is 11.9. The summed E-state index contributed by atoms with van der Waals surface area (Å²) in [5.41, 5.74) is 0.381. The maximum Gasteiger partial charge on any atom is 0.303 e. The number of aliphatic carboxylic acids is 1. The molecule has 1 fully saturated rings. The van der Waals surface area contributed by atoms with Crippen LogP contribution in [0.1, 0.15) is 31.2 Å². The van der Waals surface area contributed by atoms with Gasteiger partial charge in [0.2, 0.25) is 10.0 Å². The van der Waals surface area contributed by atoms with E-state index in [2.05, 4.69) is 4.72 Å². The lowest BCUT2D eigenvalue weighted by atomic mass is 9.67. The molecule has 114 valence electrons. The SMILES string of the molecule is O=C(O)CC1(CNS(=O)(=O)/C=C/c2ccccc2)CCC1. The highest BCUT2D eigenvalue weighted by Gasteiger charge is 2.39. The highest BCUT2D eigenvalue weighted by molar-refractivity contribution is 7.92. The van der Waals surface area contributed by atoms with Crippen LogP contribution in [0.3, 0.4) is 0 Å². The van der Waals surface area contributed by atoms with Gasteiger partial charge in [-0.1, -0.05) is 36.8 Å². The summed E-state index contributed by atoms with van der Waals surface area (Å²) < 4.78 is 26.4. The molecule has 1 aromatic rings. The quantitative estimate of drug-likeness (QED) is 0.809. The van der Waals surface area contributed by atoms with E-state index in [0.717, 1.165) is 30.2 Å². The summed E-state index contributed by atoms with van der Waals surface area (Å²) in [5.74, 6) is -0.881. The summed E-state index contributed by atoms with van der Waals surface area (Å²) in [6.45, 7) is 0.181. The summed E-state index contributed by atoms with van der Waals surface area (Å²) in [5, 5.41) is 10.0. The molecule has 2 N–H and O–H groups in total. The zero-order chi connectivity index (χ0) is 15.3. The highest BCUT2D eigenvalue weighted by atomic mass is 32.2. The third-order valence-electron chi connectivity index (χ3n) is 3.83. The molecule has 0 aliphatic heterocycles. The van der Waals surface area contributed by atoms with Crippen LogP contribution in [0.25, 0.3) is 6.08 Å². The Bertz CT molecular complexity index is 618. The minimum atomic E-state index is -3.55. The fourth-order valence-corrected chi connectivity index (χ4v) is 3.39. The van der Waals surface area contributed by atoms with Gasteiger partial charge in [0.05, 0.1) is 6.42 Å². The predicted molar refractivity (Wildman–Crippen MR) is 80.9 cm³/mol. The normalized spacial score (nSPS) is 17.5. The third-order valence-corrected chi connectivity index (χ3v) is 4.87. The number of carboxylic acid groups (broad SMARTS) is 1. The van der Waals surface area contributed by atoms with Gasteiger partial charge in [-0.2, -0.15) is 0 Å². The first kappa shape index (κ1) is 15.7. The number of hydrogen-bond donors (Lipinski definition) is 2. The number of benzene rings is 1. The van der Waals surface area contributed by atoms with Gasteiger partial charge >= 0.3 is 5.97 Å². The number of sulfonamides is 1. The Morgan fingerprint density at radius 2 is 1.95 bits per heavy atom. The van der Waals surface area contributed by atoms with Crippen LogP contribution in [-0.2, 0) is 14.8 Å². The lowest BCUT2D eigenvalue weighted by Crippen LogP contribution is -2.43. The second-order valence-electron chi connectivity index (χ2n) is 5.50. The van der Waals surface area contributed by atoms with Crippen LogP contribution in [0.4, 0.5) is 0 Å². The van der Waals surface area contributed by atoms with Crippen molar-refractivity contribution in [2.45, 2.75) is 25.7 Å². The van der Waals surface area contributed by atoms with E-state index in [-0.39, 0.29) is 13.0 Å². The molecule has 0 bridgehead atoms. The molecule has 0 radical (unpaired) electrons. The van der Waals surface area contributed by atoms with Crippen molar-refractivity contribution in [3.63, 3.8) is 0 Å². The molecule has 6 heteroatoms.